The van der Waals surface area contributed by atoms with E-state index < -0.39 is 5.54 Å². The van der Waals surface area contributed by atoms with Gasteiger partial charge in [-0.25, -0.2) is 4.68 Å². The Morgan fingerprint density at radius 2 is 0.889 bits per heavy atom. The van der Waals surface area contributed by atoms with Crippen molar-refractivity contribution in [1.82, 2.24) is 20.2 Å². The molecule has 0 atom stereocenters. The zero-order chi connectivity index (χ0) is 24.2. The van der Waals surface area contributed by atoms with Crippen LogP contribution in [0.15, 0.2) is 146 Å². The molecule has 0 spiro atoms. The fraction of sp³-hybridized carbons (Fsp3) is 0.0312. The van der Waals surface area contributed by atoms with Gasteiger partial charge in [0.05, 0.1) is 0 Å². The van der Waals surface area contributed by atoms with E-state index in [2.05, 4.69) is 137 Å². The lowest BCUT2D eigenvalue weighted by Crippen LogP contribution is -2.39. The second-order valence-electron chi connectivity index (χ2n) is 8.67. The van der Waals surface area contributed by atoms with Gasteiger partial charge in [-0.05, 0) is 44.3 Å². The summed E-state index contributed by atoms with van der Waals surface area (Å²) < 4.78 is 1.97. The van der Waals surface area contributed by atoms with Crippen LogP contribution in [-0.2, 0) is 5.54 Å². The number of aromatic nitrogens is 4. The molecule has 0 radical (unpaired) electrons. The zero-order valence-corrected chi connectivity index (χ0v) is 19.6. The number of hydrogen-bond donors (Lipinski definition) is 0. The maximum atomic E-state index is 4.65. The van der Waals surface area contributed by atoms with Gasteiger partial charge < -0.3 is 0 Å². The van der Waals surface area contributed by atoms with E-state index in [1.807, 2.05) is 28.9 Å². The van der Waals surface area contributed by atoms with Crippen molar-refractivity contribution in [3.8, 4) is 22.5 Å². The summed E-state index contributed by atoms with van der Waals surface area (Å²) in [6.45, 7) is 0. The Labute approximate surface area is 210 Å². The van der Waals surface area contributed by atoms with Crippen LogP contribution in [0.3, 0.4) is 0 Å². The molecule has 0 unspecified atom stereocenters. The Morgan fingerprint density at radius 3 is 1.42 bits per heavy atom. The molecule has 0 amide bonds. The molecule has 5 aromatic carbocycles. The molecule has 0 saturated heterocycles. The maximum Gasteiger partial charge on any atom is 0.183 e. The maximum absolute atomic E-state index is 4.65. The van der Waals surface area contributed by atoms with Crippen molar-refractivity contribution in [1.29, 1.82) is 0 Å². The first-order valence-corrected chi connectivity index (χ1v) is 12.0. The van der Waals surface area contributed by atoms with Crippen molar-refractivity contribution < 1.29 is 0 Å². The Balaban J connectivity index is 1.64. The topological polar surface area (TPSA) is 43.6 Å². The summed E-state index contributed by atoms with van der Waals surface area (Å²) in [6.07, 6.45) is 0. The van der Waals surface area contributed by atoms with Crippen molar-refractivity contribution in [3.05, 3.63) is 162 Å². The fourth-order valence-corrected chi connectivity index (χ4v) is 4.97. The fourth-order valence-electron chi connectivity index (χ4n) is 4.97. The monoisotopic (exact) mass is 464 g/mol. The second kappa shape index (κ2) is 9.43. The average Bonchev–Trinajstić information content (AvgIpc) is 3.46. The van der Waals surface area contributed by atoms with Gasteiger partial charge in [-0.15, -0.1) is 5.10 Å². The van der Waals surface area contributed by atoms with Gasteiger partial charge in [0.1, 0.15) is 5.54 Å². The molecule has 172 valence electrons. The lowest BCUT2D eigenvalue weighted by Gasteiger charge is -2.36. The number of hydrogen-bond acceptors (Lipinski definition) is 3. The highest BCUT2D eigenvalue weighted by atomic mass is 15.6. The summed E-state index contributed by atoms with van der Waals surface area (Å²) in [5.41, 5.74) is 5.69. The van der Waals surface area contributed by atoms with Crippen molar-refractivity contribution in [2.45, 2.75) is 5.54 Å². The molecule has 0 N–H and O–H groups in total. The van der Waals surface area contributed by atoms with Crippen LogP contribution in [0.25, 0.3) is 22.5 Å². The van der Waals surface area contributed by atoms with Gasteiger partial charge in [0.2, 0.25) is 0 Å². The van der Waals surface area contributed by atoms with Crippen LogP contribution in [0, 0.1) is 0 Å². The van der Waals surface area contributed by atoms with Gasteiger partial charge in [0.15, 0.2) is 5.82 Å². The van der Waals surface area contributed by atoms with E-state index in [4.69, 9.17) is 0 Å². The molecule has 4 heteroatoms. The van der Waals surface area contributed by atoms with Gasteiger partial charge in [0.25, 0.3) is 0 Å². The number of nitrogens with zero attached hydrogens (tertiary/aromatic N) is 4. The zero-order valence-electron chi connectivity index (χ0n) is 19.6. The first-order valence-electron chi connectivity index (χ1n) is 12.0. The largest absolute Gasteiger partial charge is 0.206 e. The standard InChI is InChI=1S/C32H24N4/c1-5-14-25(15-6-1)26-16-13-17-27(24-26)31-33-34-35-36(31)32(28-18-7-2-8-19-28,29-20-9-3-10-21-29)30-22-11-4-12-23-30/h1-24H. The third-order valence-corrected chi connectivity index (χ3v) is 6.59. The predicted octanol–water partition coefficient (Wildman–Crippen LogP) is 6.85. The summed E-state index contributed by atoms with van der Waals surface area (Å²) >= 11 is 0. The third kappa shape index (κ3) is 3.69. The smallest absolute Gasteiger partial charge is 0.183 e. The van der Waals surface area contributed by atoms with Crippen molar-refractivity contribution in [3.63, 3.8) is 0 Å². The van der Waals surface area contributed by atoms with Gasteiger partial charge in [0, 0.05) is 5.56 Å². The molecule has 0 saturated carbocycles. The quantitative estimate of drug-likeness (QED) is 0.253. The Bertz CT molecular complexity index is 1460. The molecule has 0 aliphatic rings. The van der Waals surface area contributed by atoms with Crippen molar-refractivity contribution >= 4 is 0 Å². The Morgan fingerprint density at radius 1 is 0.444 bits per heavy atom. The molecular weight excluding hydrogens is 440 g/mol. The minimum absolute atomic E-state index is 0.698. The number of rotatable bonds is 6. The molecule has 4 nitrogen and oxygen atoms in total. The third-order valence-electron chi connectivity index (χ3n) is 6.59. The van der Waals surface area contributed by atoms with Gasteiger partial charge >= 0.3 is 0 Å². The number of tetrazole rings is 1. The van der Waals surface area contributed by atoms with Crippen LogP contribution >= 0.6 is 0 Å². The van der Waals surface area contributed by atoms with E-state index in [0.29, 0.717) is 5.82 Å². The second-order valence-corrected chi connectivity index (χ2v) is 8.67. The molecule has 1 heterocycles. The van der Waals surface area contributed by atoms with Crippen LogP contribution in [0.4, 0.5) is 0 Å². The van der Waals surface area contributed by atoms with Gasteiger partial charge in [-0.2, -0.15) is 0 Å². The predicted molar refractivity (Wildman–Crippen MR) is 143 cm³/mol. The summed E-state index contributed by atoms with van der Waals surface area (Å²) in [4.78, 5) is 0. The van der Waals surface area contributed by atoms with E-state index >= 15 is 0 Å². The van der Waals surface area contributed by atoms with E-state index in [9.17, 15) is 0 Å². The highest BCUT2D eigenvalue weighted by Crippen LogP contribution is 2.42. The highest BCUT2D eigenvalue weighted by molar-refractivity contribution is 5.70. The van der Waals surface area contributed by atoms with E-state index in [-0.39, 0.29) is 0 Å². The van der Waals surface area contributed by atoms with Crippen molar-refractivity contribution in [2.75, 3.05) is 0 Å². The molecular formula is C32H24N4. The molecule has 1 aromatic heterocycles. The molecule has 0 fully saturated rings. The lowest BCUT2D eigenvalue weighted by molar-refractivity contribution is 0.451. The van der Waals surface area contributed by atoms with Gasteiger partial charge in [-0.1, -0.05) is 140 Å². The summed E-state index contributed by atoms with van der Waals surface area (Å²) in [7, 11) is 0. The molecule has 36 heavy (non-hydrogen) atoms. The van der Waals surface area contributed by atoms with Crippen LogP contribution in [0.5, 0.6) is 0 Å². The molecule has 6 rings (SSSR count). The summed E-state index contributed by atoms with van der Waals surface area (Å²) in [6, 6.07) is 50.1. The van der Waals surface area contributed by atoms with Crippen LogP contribution in [0.1, 0.15) is 16.7 Å². The van der Waals surface area contributed by atoms with Gasteiger partial charge in [-0.3, -0.25) is 0 Å². The molecule has 0 bridgehead atoms. The van der Waals surface area contributed by atoms with Crippen LogP contribution in [0.2, 0.25) is 0 Å². The Kier molecular flexibility index (Phi) is 5.68. The normalized spacial score (nSPS) is 11.3. The van der Waals surface area contributed by atoms with Crippen LogP contribution < -0.4 is 0 Å². The minimum atomic E-state index is -0.772. The summed E-state index contributed by atoms with van der Waals surface area (Å²) in [5.74, 6) is 0.698. The summed E-state index contributed by atoms with van der Waals surface area (Å²) in [5, 5.41) is 13.4. The van der Waals surface area contributed by atoms with E-state index in [0.717, 1.165) is 33.4 Å². The first-order chi connectivity index (χ1) is 17.9. The first kappa shape index (κ1) is 21.7. The molecule has 0 aliphatic heterocycles. The number of benzene rings is 5. The SMILES string of the molecule is c1ccc(-c2cccc(-c3nnnn3C(c3ccccc3)(c3ccccc3)c3ccccc3)c2)cc1. The Hall–Kier alpha value is -4.83. The minimum Gasteiger partial charge on any atom is -0.206 e. The lowest BCUT2D eigenvalue weighted by atomic mass is 9.77. The van der Waals surface area contributed by atoms with E-state index in [1.54, 1.807) is 0 Å². The van der Waals surface area contributed by atoms with E-state index in [1.165, 1.54) is 0 Å². The molecule has 6 aromatic rings. The van der Waals surface area contributed by atoms with Crippen molar-refractivity contribution in [2.24, 2.45) is 0 Å². The average molecular weight is 465 g/mol. The highest BCUT2D eigenvalue weighted by Gasteiger charge is 2.41. The molecule has 0 aliphatic carbocycles. The van der Waals surface area contributed by atoms with Crippen LogP contribution in [-0.4, -0.2) is 20.2 Å².